The Morgan fingerprint density at radius 1 is 1.00 bits per heavy atom. The van der Waals surface area contributed by atoms with Crippen LogP contribution in [0.4, 0.5) is 10.5 Å². The number of hydrogen-bond donors (Lipinski definition) is 2. The number of benzene rings is 2. The SMILES string of the molecule is Cc1cn(COCC[Si](C)(C)C)c2nccc(-c3ccc(NC(=O)C(Cc4ccccc4)NC(=O)OC(C)(C)C)cc3)c12. The van der Waals surface area contributed by atoms with Gasteiger partial charge < -0.3 is 24.7 Å². The molecular weight excluding hydrogens is 556 g/mol. The molecule has 8 nitrogen and oxygen atoms in total. The zero-order valence-electron chi connectivity index (χ0n) is 26.4. The minimum Gasteiger partial charge on any atom is -0.444 e. The molecule has 2 amide bonds. The van der Waals surface area contributed by atoms with Gasteiger partial charge in [0.05, 0.1) is 0 Å². The first-order chi connectivity index (χ1) is 20.3. The van der Waals surface area contributed by atoms with Gasteiger partial charge in [-0.3, -0.25) is 4.79 Å². The summed E-state index contributed by atoms with van der Waals surface area (Å²) < 4.78 is 13.5. The van der Waals surface area contributed by atoms with Crippen molar-refractivity contribution in [2.45, 2.75) is 78.2 Å². The summed E-state index contributed by atoms with van der Waals surface area (Å²) in [5, 5.41) is 6.79. The predicted molar refractivity (Wildman–Crippen MR) is 176 cm³/mol. The molecule has 0 saturated heterocycles. The van der Waals surface area contributed by atoms with E-state index in [4.69, 9.17) is 9.47 Å². The number of alkyl carbamates (subject to hydrolysis) is 1. The summed E-state index contributed by atoms with van der Waals surface area (Å²) in [4.78, 5) is 30.6. The molecule has 9 heteroatoms. The molecule has 2 aromatic heterocycles. The predicted octanol–water partition coefficient (Wildman–Crippen LogP) is 7.40. The van der Waals surface area contributed by atoms with E-state index in [0.29, 0.717) is 18.8 Å². The molecule has 0 aliphatic carbocycles. The van der Waals surface area contributed by atoms with Crippen LogP contribution in [0.3, 0.4) is 0 Å². The summed E-state index contributed by atoms with van der Waals surface area (Å²) in [5.41, 5.74) is 4.98. The Bertz CT molecular complexity index is 1540. The summed E-state index contributed by atoms with van der Waals surface area (Å²) in [7, 11) is -1.15. The van der Waals surface area contributed by atoms with Gasteiger partial charge in [-0.1, -0.05) is 62.1 Å². The van der Waals surface area contributed by atoms with E-state index in [1.54, 1.807) is 20.8 Å². The van der Waals surface area contributed by atoms with Crippen molar-refractivity contribution in [1.82, 2.24) is 14.9 Å². The fourth-order valence-electron chi connectivity index (χ4n) is 4.77. The van der Waals surface area contributed by atoms with Gasteiger partial charge in [0.1, 0.15) is 24.0 Å². The molecule has 2 aromatic carbocycles. The van der Waals surface area contributed by atoms with E-state index in [9.17, 15) is 9.59 Å². The maximum Gasteiger partial charge on any atom is 0.408 e. The Kier molecular flexibility index (Phi) is 10.1. The van der Waals surface area contributed by atoms with E-state index in [-0.39, 0.29) is 5.91 Å². The van der Waals surface area contributed by atoms with Gasteiger partial charge in [-0.05, 0) is 74.2 Å². The van der Waals surface area contributed by atoms with Gasteiger partial charge >= 0.3 is 6.09 Å². The number of rotatable bonds is 11. The molecule has 0 bridgehead atoms. The van der Waals surface area contributed by atoms with Crippen LogP contribution in [0.1, 0.15) is 31.9 Å². The van der Waals surface area contributed by atoms with Crippen LogP contribution in [0.5, 0.6) is 0 Å². The quantitative estimate of drug-likeness (QED) is 0.138. The first-order valence-corrected chi connectivity index (χ1v) is 18.5. The second kappa shape index (κ2) is 13.6. The van der Waals surface area contributed by atoms with Crippen LogP contribution in [0.15, 0.2) is 73.1 Å². The van der Waals surface area contributed by atoms with Gasteiger partial charge in [-0.15, -0.1) is 0 Å². The highest BCUT2D eigenvalue weighted by Crippen LogP contribution is 2.32. The van der Waals surface area contributed by atoms with Crippen molar-refractivity contribution in [3.05, 3.63) is 84.2 Å². The standard InChI is InChI=1S/C34H44N4O4Si/c1-24-22-38(23-41-19-20-43(5,6)7)31-30(24)28(17-18-35-31)26-13-15-27(16-14-26)36-32(39)29(21-25-11-9-8-10-12-25)37-33(40)42-34(2,3)4/h8-18,22,29H,19-21,23H2,1-7H3,(H,36,39)(H,37,40). The topological polar surface area (TPSA) is 94.5 Å². The molecule has 0 spiro atoms. The third-order valence-electron chi connectivity index (χ3n) is 6.93. The van der Waals surface area contributed by atoms with Crippen LogP contribution in [-0.2, 0) is 27.4 Å². The first kappa shape index (κ1) is 32.0. The number of amides is 2. The molecule has 43 heavy (non-hydrogen) atoms. The molecule has 4 aromatic rings. The smallest absolute Gasteiger partial charge is 0.408 e. The zero-order valence-corrected chi connectivity index (χ0v) is 27.4. The molecule has 0 aliphatic rings. The van der Waals surface area contributed by atoms with Crippen LogP contribution in [0.25, 0.3) is 22.2 Å². The number of hydrogen-bond acceptors (Lipinski definition) is 5. The largest absolute Gasteiger partial charge is 0.444 e. The molecule has 1 atom stereocenters. The van der Waals surface area contributed by atoms with Gasteiger partial charge in [0.15, 0.2) is 0 Å². The van der Waals surface area contributed by atoms with Crippen molar-refractivity contribution >= 4 is 36.8 Å². The molecule has 2 heterocycles. The summed E-state index contributed by atoms with van der Waals surface area (Å²) in [6.45, 7) is 15.7. The number of fused-ring (bicyclic) bond motifs is 1. The Balaban J connectivity index is 1.49. The Hall–Kier alpha value is -3.95. The van der Waals surface area contributed by atoms with E-state index >= 15 is 0 Å². The zero-order chi connectivity index (χ0) is 31.2. The van der Waals surface area contributed by atoms with Gasteiger partial charge in [-0.2, -0.15) is 0 Å². The molecule has 4 rings (SSSR count). The van der Waals surface area contributed by atoms with Crippen molar-refractivity contribution < 1.29 is 19.1 Å². The van der Waals surface area contributed by atoms with Crippen LogP contribution >= 0.6 is 0 Å². The molecule has 0 saturated carbocycles. The van der Waals surface area contributed by atoms with E-state index in [1.165, 1.54) is 0 Å². The number of aryl methyl sites for hydroxylation is 1. The van der Waals surface area contributed by atoms with E-state index in [0.717, 1.165) is 45.9 Å². The number of ether oxygens (including phenoxy) is 2. The van der Waals surface area contributed by atoms with Gasteiger partial charge in [0, 0.05) is 44.6 Å². The van der Waals surface area contributed by atoms with Gasteiger partial charge in [-0.25, -0.2) is 9.78 Å². The summed E-state index contributed by atoms with van der Waals surface area (Å²) in [6, 6.07) is 19.6. The van der Waals surface area contributed by atoms with E-state index in [2.05, 4.69) is 52.9 Å². The molecular formula is C34H44N4O4Si. The highest BCUT2D eigenvalue weighted by molar-refractivity contribution is 6.76. The molecule has 0 fully saturated rings. The Labute approximate surface area is 255 Å². The molecule has 1 unspecified atom stereocenters. The Morgan fingerprint density at radius 2 is 1.70 bits per heavy atom. The number of nitrogens with zero attached hydrogens (tertiary/aromatic N) is 2. The number of nitrogens with one attached hydrogen (secondary N) is 2. The molecule has 2 N–H and O–H groups in total. The third kappa shape index (κ3) is 9.27. The lowest BCUT2D eigenvalue weighted by atomic mass is 10.0. The molecule has 0 radical (unpaired) electrons. The van der Waals surface area contributed by atoms with Crippen molar-refractivity contribution in [1.29, 1.82) is 0 Å². The van der Waals surface area contributed by atoms with Crippen molar-refractivity contribution in [2.75, 3.05) is 11.9 Å². The highest BCUT2D eigenvalue weighted by atomic mass is 28.3. The lowest BCUT2D eigenvalue weighted by Gasteiger charge is -2.23. The second-order valence-corrected chi connectivity index (χ2v) is 18.8. The Morgan fingerprint density at radius 3 is 2.35 bits per heavy atom. The monoisotopic (exact) mass is 600 g/mol. The fourth-order valence-corrected chi connectivity index (χ4v) is 5.53. The summed E-state index contributed by atoms with van der Waals surface area (Å²) in [6.07, 6.45) is 3.61. The first-order valence-electron chi connectivity index (χ1n) is 14.8. The number of carbonyl (C=O) groups is 2. The van der Waals surface area contributed by atoms with Crippen molar-refractivity contribution in [2.24, 2.45) is 0 Å². The lowest BCUT2D eigenvalue weighted by molar-refractivity contribution is -0.118. The van der Waals surface area contributed by atoms with E-state index < -0.39 is 25.8 Å². The van der Waals surface area contributed by atoms with Crippen molar-refractivity contribution in [3.8, 4) is 11.1 Å². The fraction of sp³-hybridized carbons (Fsp3) is 0.382. The highest BCUT2D eigenvalue weighted by Gasteiger charge is 2.25. The van der Waals surface area contributed by atoms with Gasteiger partial charge in [0.25, 0.3) is 0 Å². The maximum atomic E-state index is 13.4. The molecule has 0 aliphatic heterocycles. The minimum absolute atomic E-state index is 0.323. The number of anilines is 1. The second-order valence-electron chi connectivity index (χ2n) is 13.1. The normalized spacial score (nSPS) is 12.6. The number of pyridine rings is 1. The summed E-state index contributed by atoms with van der Waals surface area (Å²) >= 11 is 0. The average Bonchev–Trinajstić information content (AvgIpc) is 3.25. The van der Waals surface area contributed by atoms with Gasteiger partial charge in [0.2, 0.25) is 5.91 Å². The maximum absolute atomic E-state index is 13.4. The van der Waals surface area contributed by atoms with Crippen LogP contribution < -0.4 is 10.6 Å². The lowest BCUT2D eigenvalue weighted by Crippen LogP contribution is -2.47. The van der Waals surface area contributed by atoms with Crippen molar-refractivity contribution in [3.63, 3.8) is 0 Å². The van der Waals surface area contributed by atoms with E-state index in [1.807, 2.05) is 66.9 Å². The number of carbonyl (C=O) groups excluding carboxylic acids is 2. The minimum atomic E-state index is -1.15. The summed E-state index contributed by atoms with van der Waals surface area (Å²) in [5.74, 6) is -0.323. The van der Waals surface area contributed by atoms with Crippen LogP contribution in [0.2, 0.25) is 25.7 Å². The van der Waals surface area contributed by atoms with Crippen LogP contribution in [0, 0.1) is 6.92 Å². The van der Waals surface area contributed by atoms with Crippen LogP contribution in [-0.4, -0.2) is 47.9 Å². The molecule has 228 valence electrons. The number of aromatic nitrogens is 2. The third-order valence-corrected chi connectivity index (χ3v) is 8.63. The average molecular weight is 601 g/mol.